The molecule has 0 rings (SSSR count). The molecule has 0 bridgehead atoms. The first kappa shape index (κ1) is 12.9. The third-order valence-corrected chi connectivity index (χ3v) is 2.89. The Kier molecular flexibility index (Phi) is 3.23. The van der Waals surface area contributed by atoms with Crippen molar-refractivity contribution in [3.8, 4) is 0 Å². The lowest BCUT2D eigenvalue weighted by Crippen LogP contribution is -2.60. The zero-order valence-electron chi connectivity index (χ0n) is 9.97. The zero-order valence-corrected chi connectivity index (χ0v) is 9.97. The minimum Gasteiger partial charge on any atom is -0.390 e. The van der Waals surface area contributed by atoms with Crippen LogP contribution in [0.3, 0.4) is 0 Å². The van der Waals surface area contributed by atoms with E-state index in [2.05, 4.69) is 0 Å². The summed E-state index contributed by atoms with van der Waals surface area (Å²) >= 11 is 0. The molecule has 0 aromatic rings. The van der Waals surface area contributed by atoms with Crippen LogP contribution in [0.4, 0.5) is 0 Å². The first-order valence-electron chi connectivity index (χ1n) is 4.85. The summed E-state index contributed by atoms with van der Waals surface area (Å²) in [5.74, 6) is 0. The summed E-state index contributed by atoms with van der Waals surface area (Å²) in [6.45, 7) is 13.3. The lowest BCUT2D eigenvalue weighted by molar-refractivity contribution is -0.196. The SMILES string of the molecule is C[C@@H](O)C(O)(C(C)(C)C)C(C)(C)C. The van der Waals surface area contributed by atoms with Crippen LogP contribution in [0.1, 0.15) is 48.5 Å². The van der Waals surface area contributed by atoms with Crippen molar-refractivity contribution in [3.63, 3.8) is 0 Å². The van der Waals surface area contributed by atoms with Crippen molar-refractivity contribution in [2.45, 2.75) is 60.2 Å². The molecular formula is C11H24O2. The van der Waals surface area contributed by atoms with Gasteiger partial charge in [0.15, 0.2) is 0 Å². The molecule has 0 saturated heterocycles. The first-order valence-corrected chi connectivity index (χ1v) is 4.85. The molecule has 80 valence electrons. The van der Waals surface area contributed by atoms with Crippen LogP contribution in [-0.4, -0.2) is 21.9 Å². The standard InChI is InChI=1S/C11H24O2/c1-8(12)11(13,9(2,3)4)10(5,6)7/h8,12-13H,1-7H3/t8-/m1/s1. The molecule has 2 nitrogen and oxygen atoms in total. The Balaban J connectivity index is 5.22. The number of hydrogen-bond acceptors (Lipinski definition) is 2. The molecule has 13 heavy (non-hydrogen) atoms. The molecule has 0 fully saturated rings. The van der Waals surface area contributed by atoms with E-state index in [1.54, 1.807) is 6.92 Å². The molecule has 0 aliphatic heterocycles. The highest BCUT2D eigenvalue weighted by molar-refractivity contribution is 5.02. The molecule has 2 heteroatoms. The molecule has 0 aromatic heterocycles. The minimum absolute atomic E-state index is 0.334. The molecule has 0 saturated carbocycles. The average Bonchev–Trinajstić information content (AvgIpc) is 1.80. The molecular weight excluding hydrogens is 164 g/mol. The summed E-state index contributed by atoms with van der Waals surface area (Å²) in [6, 6.07) is 0. The van der Waals surface area contributed by atoms with E-state index in [1.165, 1.54) is 0 Å². The summed E-state index contributed by atoms with van der Waals surface area (Å²) < 4.78 is 0. The minimum atomic E-state index is -1.07. The van der Waals surface area contributed by atoms with Crippen molar-refractivity contribution in [2.75, 3.05) is 0 Å². The van der Waals surface area contributed by atoms with Crippen LogP contribution in [0.2, 0.25) is 0 Å². The van der Waals surface area contributed by atoms with E-state index in [9.17, 15) is 10.2 Å². The van der Waals surface area contributed by atoms with E-state index >= 15 is 0 Å². The Bertz CT molecular complexity index is 156. The van der Waals surface area contributed by atoms with Gasteiger partial charge < -0.3 is 10.2 Å². The molecule has 0 amide bonds. The van der Waals surface area contributed by atoms with Crippen molar-refractivity contribution >= 4 is 0 Å². The van der Waals surface area contributed by atoms with Gasteiger partial charge in [-0.25, -0.2) is 0 Å². The second-order valence-corrected chi connectivity index (χ2v) is 5.94. The monoisotopic (exact) mass is 188 g/mol. The van der Waals surface area contributed by atoms with Gasteiger partial charge in [-0.2, -0.15) is 0 Å². The Hall–Kier alpha value is -0.0800. The maximum atomic E-state index is 10.5. The van der Waals surface area contributed by atoms with Crippen molar-refractivity contribution in [2.24, 2.45) is 10.8 Å². The van der Waals surface area contributed by atoms with E-state index in [0.29, 0.717) is 0 Å². The molecule has 1 atom stereocenters. The van der Waals surface area contributed by atoms with Gasteiger partial charge >= 0.3 is 0 Å². The highest BCUT2D eigenvalue weighted by Gasteiger charge is 2.52. The van der Waals surface area contributed by atoms with Crippen LogP contribution in [0, 0.1) is 10.8 Å². The van der Waals surface area contributed by atoms with Crippen LogP contribution in [0.25, 0.3) is 0 Å². The number of rotatable bonds is 1. The van der Waals surface area contributed by atoms with Crippen LogP contribution in [-0.2, 0) is 0 Å². The van der Waals surface area contributed by atoms with Crippen molar-refractivity contribution in [3.05, 3.63) is 0 Å². The van der Waals surface area contributed by atoms with Gasteiger partial charge in [-0.1, -0.05) is 41.5 Å². The number of hydrogen-bond donors (Lipinski definition) is 2. The Morgan fingerprint density at radius 2 is 1.08 bits per heavy atom. The van der Waals surface area contributed by atoms with Gasteiger partial charge in [-0.05, 0) is 17.8 Å². The lowest BCUT2D eigenvalue weighted by Gasteiger charge is -2.51. The van der Waals surface area contributed by atoms with Crippen LogP contribution in [0.15, 0.2) is 0 Å². The predicted molar refractivity (Wildman–Crippen MR) is 55.5 cm³/mol. The topological polar surface area (TPSA) is 40.5 Å². The maximum absolute atomic E-state index is 10.5. The number of aliphatic hydroxyl groups excluding tert-OH is 1. The van der Waals surface area contributed by atoms with Crippen molar-refractivity contribution in [1.82, 2.24) is 0 Å². The van der Waals surface area contributed by atoms with Gasteiger partial charge in [0.1, 0.15) is 0 Å². The molecule has 0 aliphatic carbocycles. The summed E-state index contributed by atoms with van der Waals surface area (Å²) in [5.41, 5.74) is -1.74. The highest BCUT2D eigenvalue weighted by atomic mass is 16.3. The fourth-order valence-corrected chi connectivity index (χ4v) is 2.38. The highest BCUT2D eigenvalue weighted by Crippen LogP contribution is 2.45. The summed E-state index contributed by atoms with van der Waals surface area (Å²) in [4.78, 5) is 0. The lowest BCUT2D eigenvalue weighted by atomic mass is 9.60. The second kappa shape index (κ2) is 3.25. The fourth-order valence-electron chi connectivity index (χ4n) is 2.38. The third-order valence-electron chi connectivity index (χ3n) is 2.89. The Labute approximate surface area is 82.0 Å². The smallest absolute Gasteiger partial charge is 0.0998 e. The fraction of sp³-hybridized carbons (Fsp3) is 1.00. The van der Waals surface area contributed by atoms with Crippen molar-refractivity contribution < 1.29 is 10.2 Å². The van der Waals surface area contributed by atoms with Gasteiger partial charge in [0.05, 0.1) is 11.7 Å². The van der Waals surface area contributed by atoms with E-state index in [-0.39, 0.29) is 10.8 Å². The molecule has 0 unspecified atom stereocenters. The van der Waals surface area contributed by atoms with Gasteiger partial charge in [0, 0.05) is 0 Å². The maximum Gasteiger partial charge on any atom is 0.0998 e. The zero-order chi connectivity index (χ0) is 11.1. The summed E-state index contributed by atoms with van der Waals surface area (Å²) in [7, 11) is 0. The predicted octanol–water partition coefficient (Wildman–Crippen LogP) is 2.19. The van der Waals surface area contributed by atoms with E-state index in [1.807, 2.05) is 41.5 Å². The largest absolute Gasteiger partial charge is 0.390 e. The van der Waals surface area contributed by atoms with E-state index in [4.69, 9.17) is 0 Å². The Morgan fingerprint density at radius 1 is 0.846 bits per heavy atom. The van der Waals surface area contributed by atoms with Gasteiger partial charge in [0.2, 0.25) is 0 Å². The summed E-state index contributed by atoms with van der Waals surface area (Å²) in [6.07, 6.45) is -0.729. The quantitative estimate of drug-likeness (QED) is 0.662. The number of aliphatic hydroxyl groups is 2. The van der Waals surface area contributed by atoms with Gasteiger partial charge in [0.25, 0.3) is 0 Å². The van der Waals surface area contributed by atoms with Gasteiger partial charge in [-0.3, -0.25) is 0 Å². The molecule has 0 spiro atoms. The van der Waals surface area contributed by atoms with E-state index < -0.39 is 11.7 Å². The van der Waals surface area contributed by atoms with Crippen LogP contribution < -0.4 is 0 Å². The average molecular weight is 188 g/mol. The Morgan fingerprint density at radius 3 is 1.08 bits per heavy atom. The molecule has 2 N–H and O–H groups in total. The van der Waals surface area contributed by atoms with Gasteiger partial charge in [-0.15, -0.1) is 0 Å². The normalized spacial score (nSPS) is 17.3. The molecule has 0 aliphatic rings. The van der Waals surface area contributed by atoms with Crippen LogP contribution >= 0.6 is 0 Å². The molecule has 0 heterocycles. The third kappa shape index (κ3) is 2.05. The van der Waals surface area contributed by atoms with Crippen LogP contribution in [0.5, 0.6) is 0 Å². The van der Waals surface area contributed by atoms with Crippen molar-refractivity contribution in [1.29, 1.82) is 0 Å². The molecule has 0 aromatic carbocycles. The molecule has 0 radical (unpaired) electrons. The summed E-state index contributed by atoms with van der Waals surface area (Å²) in [5, 5.41) is 20.2. The first-order chi connectivity index (χ1) is 5.44. The second-order valence-electron chi connectivity index (χ2n) is 5.94. The van der Waals surface area contributed by atoms with E-state index in [0.717, 1.165) is 0 Å².